The number of hydrogen-bond acceptors (Lipinski definition) is 5. The van der Waals surface area contributed by atoms with Gasteiger partial charge in [0.15, 0.2) is 0 Å². The second-order valence-electron chi connectivity index (χ2n) is 4.62. The van der Waals surface area contributed by atoms with Crippen LogP contribution in [0, 0.1) is 0 Å². The molecule has 0 saturated carbocycles. The molecule has 1 aliphatic rings. The molecule has 1 saturated heterocycles. The molecule has 1 unspecified atom stereocenters. The van der Waals surface area contributed by atoms with Crippen molar-refractivity contribution in [2.24, 2.45) is 0 Å². The Morgan fingerprint density at radius 3 is 3.28 bits per heavy atom. The first-order valence-electron chi connectivity index (χ1n) is 6.42. The molecule has 2 N–H and O–H groups in total. The number of nitrogens with one attached hydrogen (secondary N) is 1. The smallest absolute Gasteiger partial charge is 0.0826 e. The highest BCUT2D eigenvalue weighted by atomic mass is 16.5. The third-order valence-electron chi connectivity index (χ3n) is 3.08. The van der Waals surface area contributed by atoms with Gasteiger partial charge in [0.25, 0.3) is 0 Å². The molecule has 0 bridgehead atoms. The number of ether oxygens (including phenoxy) is 1. The number of morpholine rings is 1. The summed E-state index contributed by atoms with van der Waals surface area (Å²) in [6.45, 7) is 5.18. The van der Waals surface area contributed by atoms with Crippen LogP contribution in [0.4, 0.5) is 0 Å². The molecule has 0 aromatic carbocycles. The molecule has 6 heteroatoms. The monoisotopic (exact) mass is 254 g/mol. The van der Waals surface area contributed by atoms with Gasteiger partial charge in [0.05, 0.1) is 32.1 Å². The zero-order valence-electron chi connectivity index (χ0n) is 10.9. The Bertz CT molecular complexity index is 354. The minimum Gasteiger partial charge on any atom is -0.394 e. The second kappa shape index (κ2) is 6.84. The van der Waals surface area contributed by atoms with Gasteiger partial charge in [0.1, 0.15) is 0 Å². The third-order valence-corrected chi connectivity index (χ3v) is 3.08. The van der Waals surface area contributed by atoms with Gasteiger partial charge in [-0.2, -0.15) is 5.10 Å². The molecule has 1 fully saturated rings. The molecule has 1 aromatic heterocycles. The largest absolute Gasteiger partial charge is 0.394 e. The minimum atomic E-state index is 0.128. The van der Waals surface area contributed by atoms with Gasteiger partial charge in [-0.15, -0.1) is 0 Å². The predicted octanol–water partition coefficient (Wildman–Crippen LogP) is -0.704. The Balaban J connectivity index is 1.84. The van der Waals surface area contributed by atoms with Gasteiger partial charge in [-0.3, -0.25) is 9.58 Å². The number of hydrogen-bond donors (Lipinski definition) is 2. The van der Waals surface area contributed by atoms with Gasteiger partial charge >= 0.3 is 0 Å². The van der Waals surface area contributed by atoms with Crippen LogP contribution in [0.1, 0.15) is 5.56 Å². The van der Waals surface area contributed by atoms with Crippen LogP contribution in [-0.4, -0.2) is 65.8 Å². The summed E-state index contributed by atoms with van der Waals surface area (Å²) < 4.78 is 7.45. The maximum atomic E-state index is 8.85. The van der Waals surface area contributed by atoms with Gasteiger partial charge in [-0.1, -0.05) is 0 Å². The molecule has 2 heterocycles. The number of aliphatic hydroxyl groups is 1. The van der Waals surface area contributed by atoms with E-state index in [4.69, 9.17) is 9.84 Å². The van der Waals surface area contributed by atoms with Crippen molar-refractivity contribution >= 4 is 0 Å². The van der Waals surface area contributed by atoms with Crippen molar-refractivity contribution in [1.29, 1.82) is 0 Å². The maximum Gasteiger partial charge on any atom is 0.0826 e. The third kappa shape index (κ3) is 3.78. The fourth-order valence-electron chi connectivity index (χ4n) is 2.25. The number of likely N-dealkylation sites (N-methyl/N-ethyl adjacent to an activating group) is 1. The zero-order chi connectivity index (χ0) is 12.8. The van der Waals surface area contributed by atoms with E-state index in [1.54, 1.807) is 4.68 Å². The molecule has 1 aromatic rings. The van der Waals surface area contributed by atoms with Crippen LogP contribution < -0.4 is 5.32 Å². The van der Waals surface area contributed by atoms with Crippen LogP contribution in [0.15, 0.2) is 12.4 Å². The van der Waals surface area contributed by atoms with Crippen molar-refractivity contribution in [2.45, 2.75) is 19.2 Å². The quantitative estimate of drug-likeness (QED) is 0.702. The molecule has 0 radical (unpaired) electrons. The van der Waals surface area contributed by atoms with Crippen LogP contribution in [0.5, 0.6) is 0 Å². The zero-order valence-corrected chi connectivity index (χ0v) is 10.9. The Morgan fingerprint density at radius 1 is 1.61 bits per heavy atom. The van der Waals surface area contributed by atoms with Crippen molar-refractivity contribution in [2.75, 3.05) is 39.9 Å². The number of rotatable bonds is 6. The molecule has 2 rings (SSSR count). The highest BCUT2D eigenvalue weighted by Crippen LogP contribution is 2.09. The van der Waals surface area contributed by atoms with Crippen molar-refractivity contribution < 1.29 is 9.84 Å². The van der Waals surface area contributed by atoms with Crippen LogP contribution in [0.3, 0.4) is 0 Å². The summed E-state index contributed by atoms with van der Waals surface area (Å²) in [5, 5.41) is 16.2. The van der Waals surface area contributed by atoms with Gasteiger partial charge < -0.3 is 15.2 Å². The van der Waals surface area contributed by atoms with E-state index in [2.05, 4.69) is 15.3 Å². The molecule has 1 aliphatic heterocycles. The normalized spacial score (nSPS) is 21.3. The van der Waals surface area contributed by atoms with E-state index in [1.165, 1.54) is 5.56 Å². The standard InChI is InChI=1S/C12H22N4O2/c1-13-7-12-10-15(3-5-18-12)8-11-6-14-16(9-11)2-4-17/h6,9,12-13,17H,2-5,7-8,10H2,1H3. The fourth-order valence-corrected chi connectivity index (χ4v) is 2.25. The summed E-state index contributed by atoms with van der Waals surface area (Å²) in [4.78, 5) is 2.38. The molecular formula is C12H22N4O2. The molecule has 0 amide bonds. The van der Waals surface area contributed by atoms with Crippen molar-refractivity contribution in [1.82, 2.24) is 20.0 Å². The molecular weight excluding hydrogens is 232 g/mol. The summed E-state index contributed by atoms with van der Waals surface area (Å²) in [5.41, 5.74) is 1.19. The number of nitrogens with zero attached hydrogens (tertiary/aromatic N) is 3. The molecule has 0 aliphatic carbocycles. The average molecular weight is 254 g/mol. The van der Waals surface area contributed by atoms with Crippen LogP contribution in [0.25, 0.3) is 0 Å². The van der Waals surface area contributed by atoms with Crippen LogP contribution in [0.2, 0.25) is 0 Å². The fraction of sp³-hybridized carbons (Fsp3) is 0.750. The number of aromatic nitrogens is 2. The van der Waals surface area contributed by atoms with E-state index in [-0.39, 0.29) is 12.7 Å². The Hall–Kier alpha value is -0.950. The Morgan fingerprint density at radius 2 is 2.50 bits per heavy atom. The van der Waals surface area contributed by atoms with E-state index >= 15 is 0 Å². The maximum absolute atomic E-state index is 8.85. The lowest BCUT2D eigenvalue weighted by molar-refractivity contribution is -0.0291. The Kier molecular flexibility index (Phi) is 5.12. The summed E-state index contributed by atoms with van der Waals surface area (Å²) >= 11 is 0. The molecule has 6 nitrogen and oxygen atoms in total. The van der Waals surface area contributed by atoms with E-state index in [0.717, 1.165) is 32.8 Å². The van der Waals surface area contributed by atoms with Gasteiger partial charge in [-0.25, -0.2) is 0 Å². The first-order valence-corrected chi connectivity index (χ1v) is 6.42. The van der Waals surface area contributed by atoms with E-state index < -0.39 is 0 Å². The molecule has 1 atom stereocenters. The minimum absolute atomic E-state index is 0.128. The SMILES string of the molecule is CNCC1CN(Cc2cnn(CCO)c2)CCO1. The molecule has 0 spiro atoms. The van der Waals surface area contributed by atoms with Crippen LogP contribution in [-0.2, 0) is 17.8 Å². The topological polar surface area (TPSA) is 62.6 Å². The van der Waals surface area contributed by atoms with Crippen molar-refractivity contribution in [3.63, 3.8) is 0 Å². The van der Waals surface area contributed by atoms with Gasteiger partial charge in [0, 0.05) is 37.9 Å². The summed E-state index contributed by atoms with van der Waals surface area (Å²) in [5.74, 6) is 0. The summed E-state index contributed by atoms with van der Waals surface area (Å²) in [6.07, 6.45) is 4.15. The molecule has 102 valence electrons. The lowest BCUT2D eigenvalue weighted by Gasteiger charge is -2.32. The average Bonchev–Trinajstić information content (AvgIpc) is 2.78. The lowest BCUT2D eigenvalue weighted by Crippen LogP contribution is -2.45. The Labute approximate surface area is 108 Å². The van der Waals surface area contributed by atoms with E-state index in [1.807, 2.05) is 19.4 Å². The van der Waals surface area contributed by atoms with Crippen molar-refractivity contribution in [3.05, 3.63) is 18.0 Å². The highest BCUT2D eigenvalue weighted by molar-refractivity contribution is 5.04. The van der Waals surface area contributed by atoms with E-state index in [9.17, 15) is 0 Å². The second-order valence-corrected chi connectivity index (χ2v) is 4.62. The molecule has 18 heavy (non-hydrogen) atoms. The summed E-state index contributed by atoms with van der Waals surface area (Å²) in [6, 6.07) is 0. The van der Waals surface area contributed by atoms with Gasteiger partial charge in [0.2, 0.25) is 0 Å². The first-order chi connectivity index (χ1) is 8.81. The van der Waals surface area contributed by atoms with Crippen molar-refractivity contribution in [3.8, 4) is 0 Å². The lowest BCUT2D eigenvalue weighted by atomic mass is 10.2. The number of aliphatic hydroxyl groups excluding tert-OH is 1. The van der Waals surface area contributed by atoms with Gasteiger partial charge in [-0.05, 0) is 7.05 Å². The van der Waals surface area contributed by atoms with E-state index in [0.29, 0.717) is 6.54 Å². The first kappa shape index (κ1) is 13.5. The van der Waals surface area contributed by atoms with Crippen LogP contribution >= 0.6 is 0 Å². The predicted molar refractivity (Wildman–Crippen MR) is 68.3 cm³/mol. The summed E-state index contributed by atoms with van der Waals surface area (Å²) in [7, 11) is 1.95. The highest BCUT2D eigenvalue weighted by Gasteiger charge is 2.20.